The van der Waals surface area contributed by atoms with Crippen LogP contribution >= 0.6 is 11.3 Å². The predicted molar refractivity (Wildman–Crippen MR) is 81.1 cm³/mol. The standard InChI is InChI=1S/C15H14N2O3S/c18-7-2-1-4-11-8-12(21-10-11)9-16-15(20)13-5-3-6-14(19)17-13/h3,5-6,8,10,18H,2,7,9H2,(H,16,20)(H,17,19). The van der Waals surface area contributed by atoms with Crippen molar-refractivity contribution in [3.05, 3.63) is 56.1 Å². The van der Waals surface area contributed by atoms with Crippen LogP contribution < -0.4 is 10.9 Å². The van der Waals surface area contributed by atoms with E-state index >= 15 is 0 Å². The van der Waals surface area contributed by atoms with Crippen molar-refractivity contribution in [2.75, 3.05) is 6.61 Å². The Hall–Kier alpha value is -2.36. The summed E-state index contributed by atoms with van der Waals surface area (Å²) < 4.78 is 0. The predicted octanol–water partition coefficient (Wildman–Crippen LogP) is 1.10. The minimum Gasteiger partial charge on any atom is -0.395 e. The van der Waals surface area contributed by atoms with Crippen LogP contribution in [-0.4, -0.2) is 22.6 Å². The Balaban J connectivity index is 1.93. The first kappa shape index (κ1) is 15.0. The van der Waals surface area contributed by atoms with Crippen LogP contribution in [0, 0.1) is 11.8 Å². The van der Waals surface area contributed by atoms with Crippen LogP contribution in [0.3, 0.4) is 0 Å². The number of carbonyl (C=O) groups excluding carboxylic acids is 1. The summed E-state index contributed by atoms with van der Waals surface area (Å²) in [5, 5.41) is 13.3. The van der Waals surface area contributed by atoms with E-state index in [0.29, 0.717) is 13.0 Å². The molecular formula is C15H14N2O3S. The van der Waals surface area contributed by atoms with E-state index in [1.54, 1.807) is 6.07 Å². The fourth-order valence-electron chi connectivity index (χ4n) is 1.60. The van der Waals surface area contributed by atoms with E-state index in [2.05, 4.69) is 22.1 Å². The summed E-state index contributed by atoms with van der Waals surface area (Å²) in [6.07, 6.45) is 0.448. The maximum Gasteiger partial charge on any atom is 0.268 e. The Morgan fingerprint density at radius 2 is 2.29 bits per heavy atom. The Morgan fingerprint density at radius 1 is 1.43 bits per heavy atom. The van der Waals surface area contributed by atoms with E-state index in [9.17, 15) is 9.59 Å². The molecule has 0 saturated heterocycles. The lowest BCUT2D eigenvalue weighted by atomic mass is 10.3. The summed E-state index contributed by atoms with van der Waals surface area (Å²) in [6, 6.07) is 6.33. The number of hydrogen-bond acceptors (Lipinski definition) is 4. The lowest BCUT2D eigenvalue weighted by Crippen LogP contribution is -2.25. The summed E-state index contributed by atoms with van der Waals surface area (Å²) in [4.78, 5) is 26.4. The molecule has 0 aliphatic heterocycles. The van der Waals surface area contributed by atoms with Gasteiger partial charge in [0, 0.05) is 28.3 Å². The van der Waals surface area contributed by atoms with E-state index in [0.717, 1.165) is 10.4 Å². The number of rotatable bonds is 4. The molecule has 0 fully saturated rings. The van der Waals surface area contributed by atoms with Crippen LogP contribution in [0.15, 0.2) is 34.4 Å². The molecule has 0 spiro atoms. The van der Waals surface area contributed by atoms with Gasteiger partial charge >= 0.3 is 0 Å². The maximum absolute atomic E-state index is 11.9. The Kier molecular flexibility index (Phi) is 5.32. The van der Waals surface area contributed by atoms with E-state index in [1.165, 1.54) is 23.5 Å². The number of aromatic nitrogens is 1. The molecule has 0 saturated carbocycles. The molecule has 5 nitrogen and oxygen atoms in total. The average molecular weight is 302 g/mol. The van der Waals surface area contributed by atoms with Gasteiger partial charge in [-0.25, -0.2) is 0 Å². The molecule has 0 unspecified atom stereocenters. The average Bonchev–Trinajstić information content (AvgIpc) is 2.93. The molecular weight excluding hydrogens is 288 g/mol. The zero-order chi connectivity index (χ0) is 15.1. The van der Waals surface area contributed by atoms with Gasteiger partial charge in [-0.15, -0.1) is 11.3 Å². The van der Waals surface area contributed by atoms with E-state index in [-0.39, 0.29) is 23.8 Å². The molecule has 6 heteroatoms. The summed E-state index contributed by atoms with van der Waals surface area (Å²) in [5.41, 5.74) is 0.799. The molecule has 0 aromatic carbocycles. The number of nitrogens with one attached hydrogen (secondary N) is 2. The van der Waals surface area contributed by atoms with Crippen molar-refractivity contribution in [3.8, 4) is 11.8 Å². The highest BCUT2D eigenvalue weighted by atomic mass is 32.1. The van der Waals surface area contributed by atoms with E-state index in [4.69, 9.17) is 5.11 Å². The molecule has 2 aromatic rings. The number of aliphatic hydroxyl groups excluding tert-OH is 1. The van der Waals surface area contributed by atoms with Gasteiger partial charge < -0.3 is 15.4 Å². The van der Waals surface area contributed by atoms with E-state index < -0.39 is 0 Å². The smallest absolute Gasteiger partial charge is 0.268 e. The topological polar surface area (TPSA) is 82.2 Å². The van der Waals surface area contributed by atoms with E-state index in [1.807, 2.05) is 11.4 Å². The maximum atomic E-state index is 11.9. The second kappa shape index (κ2) is 7.43. The van der Waals surface area contributed by atoms with Crippen molar-refractivity contribution in [2.24, 2.45) is 0 Å². The molecule has 0 bridgehead atoms. The SMILES string of the molecule is O=C(NCc1cc(C#CCCO)cs1)c1cccc(=O)[nH]1. The Labute approximate surface area is 125 Å². The lowest BCUT2D eigenvalue weighted by Gasteiger charge is -2.02. The second-order valence-electron chi connectivity index (χ2n) is 4.19. The number of H-pyrrole nitrogens is 1. The fraction of sp³-hybridized carbons (Fsp3) is 0.200. The number of amides is 1. The summed E-state index contributed by atoms with van der Waals surface area (Å²) >= 11 is 1.50. The summed E-state index contributed by atoms with van der Waals surface area (Å²) in [7, 11) is 0. The first-order valence-electron chi connectivity index (χ1n) is 6.34. The number of pyridine rings is 1. The molecule has 1 amide bonds. The Morgan fingerprint density at radius 3 is 3.05 bits per heavy atom. The first-order valence-corrected chi connectivity index (χ1v) is 7.21. The monoisotopic (exact) mass is 302 g/mol. The first-order chi connectivity index (χ1) is 10.2. The summed E-state index contributed by atoms with van der Waals surface area (Å²) in [5.74, 6) is 5.45. The van der Waals surface area contributed by atoms with Crippen molar-refractivity contribution >= 4 is 17.2 Å². The normalized spacial score (nSPS) is 9.76. The number of aromatic amines is 1. The van der Waals surface area contributed by atoms with Gasteiger partial charge in [-0.05, 0) is 12.1 Å². The number of hydrogen-bond donors (Lipinski definition) is 3. The zero-order valence-corrected chi connectivity index (χ0v) is 12.0. The number of thiophene rings is 1. The van der Waals surface area contributed by atoms with Gasteiger partial charge in [0.15, 0.2) is 0 Å². The van der Waals surface area contributed by atoms with Crippen molar-refractivity contribution in [2.45, 2.75) is 13.0 Å². The number of carbonyl (C=O) groups is 1. The molecule has 0 aliphatic carbocycles. The van der Waals surface area contributed by atoms with Crippen LogP contribution in [0.25, 0.3) is 0 Å². The van der Waals surface area contributed by atoms with Gasteiger partial charge in [0.05, 0.1) is 13.2 Å². The molecule has 2 rings (SSSR count). The minimum atomic E-state index is -0.325. The highest BCUT2D eigenvalue weighted by Gasteiger charge is 2.06. The lowest BCUT2D eigenvalue weighted by molar-refractivity contribution is 0.0946. The summed E-state index contributed by atoms with van der Waals surface area (Å²) in [6.45, 7) is 0.428. The van der Waals surface area contributed by atoms with Gasteiger partial charge in [0.1, 0.15) is 5.69 Å². The van der Waals surface area contributed by atoms with Gasteiger partial charge in [-0.2, -0.15) is 0 Å². The van der Waals surface area contributed by atoms with Gasteiger partial charge in [-0.1, -0.05) is 17.9 Å². The molecule has 0 aliphatic rings. The molecule has 0 atom stereocenters. The Bertz CT molecular complexity index is 737. The zero-order valence-electron chi connectivity index (χ0n) is 11.2. The minimum absolute atomic E-state index is 0.0509. The fourth-order valence-corrected chi connectivity index (χ4v) is 2.36. The highest BCUT2D eigenvalue weighted by Crippen LogP contribution is 2.13. The molecule has 2 aromatic heterocycles. The van der Waals surface area contributed by atoms with Crippen LogP contribution in [0.1, 0.15) is 27.3 Å². The quantitative estimate of drug-likeness (QED) is 0.740. The third-order valence-electron chi connectivity index (χ3n) is 2.56. The van der Waals surface area contributed by atoms with Crippen LogP contribution in [0.2, 0.25) is 0 Å². The van der Waals surface area contributed by atoms with Crippen molar-refractivity contribution in [1.82, 2.24) is 10.3 Å². The third kappa shape index (κ3) is 4.60. The van der Waals surface area contributed by atoms with Gasteiger partial charge in [0.25, 0.3) is 5.91 Å². The molecule has 0 radical (unpaired) electrons. The van der Waals surface area contributed by atoms with Crippen LogP contribution in [-0.2, 0) is 6.54 Å². The largest absolute Gasteiger partial charge is 0.395 e. The molecule has 108 valence electrons. The van der Waals surface area contributed by atoms with Crippen molar-refractivity contribution < 1.29 is 9.90 Å². The van der Waals surface area contributed by atoms with Crippen molar-refractivity contribution in [3.63, 3.8) is 0 Å². The second-order valence-corrected chi connectivity index (χ2v) is 5.18. The number of aliphatic hydroxyl groups is 1. The van der Waals surface area contributed by atoms with Gasteiger partial charge in [-0.3, -0.25) is 9.59 Å². The van der Waals surface area contributed by atoms with Crippen LogP contribution in [0.5, 0.6) is 0 Å². The van der Waals surface area contributed by atoms with Crippen molar-refractivity contribution in [1.29, 1.82) is 0 Å². The highest BCUT2D eigenvalue weighted by molar-refractivity contribution is 7.10. The molecule has 2 heterocycles. The molecule has 21 heavy (non-hydrogen) atoms. The molecule has 3 N–H and O–H groups in total. The van der Waals surface area contributed by atoms with Gasteiger partial charge in [0.2, 0.25) is 5.56 Å². The third-order valence-corrected chi connectivity index (χ3v) is 3.50. The van der Waals surface area contributed by atoms with Crippen LogP contribution in [0.4, 0.5) is 0 Å².